The van der Waals surface area contributed by atoms with Crippen LogP contribution in [0.1, 0.15) is 5.56 Å². The molecule has 0 unspecified atom stereocenters. The van der Waals surface area contributed by atoms with Crippen LogP contribution < -0.4 is 0 Å². The van der Waals surface area contributed by atoms with E-state index >= 15 is 0 Å². The van der Waals surface area contributed by atoms with Gasteiger partial charge in [-0.1, -0.05) is 12.2 Å². The number of pyridine rings is 1. The van der Waals surface area contributed by atoms with Crippen molar-refractivity contribution >= 4 is 17.9 Å². The van der Waals surface area contributed by atoms with Gasteiger partial charge in [-0.15, -0.1) is 0 Å². The van der Waals surface area contributed by atoms with E-state index in [4.69, 9.17) is 0 Å². The first-order valence-corrected chi connectivity index (χ1v) is 4.98. The third-order valence-electron chi connectivity index (χ3n) is 2.25. The summed E-state index contributed by atoms with van der Waals surface area (Å²) in [7, 11) is 0. The number of nitrogens with zero attached hydrogens (tertiary/aromatic N) is 2. The van der Waals surface area contributed by atoms with E-state index in [0.717, 1.165) is 4.90 Å². The lowest BCUT2D eigenvalue weighted by Gasteiger charge is -2.09. The van der Waals surface area contributed by atoms with Gasteiger partial charge in [0.25, 0.3) is 11.8 Å². The van der Waals surface area contributed by atoms with Crippen molar-refractivity contribution in [3.8, 4) is 0 Å². The second kappa shape index (κ2) is 4.69. The number of imide groups is 1. The summed E-state index contributed by atoms with van der Waals surface area (Å²) in [5.74, 6) is -1.19. The highest BCUT2D eigenvalue weighted by molar-refractivity contribution is 6.13. The van der Waals surface area contributed by atoms with Gasteiger partial charge in [-0.25, -0.2) is 4.98 Å². The van der Waals surface area contributed by atoms with E-state index in [1.165, 1.54) is 24.4 Å². The zero-order chi connectivity index (χ0) is 12.3. The second-order valence-corrected chi connectivity index (χ2v) is 3.44. The minimum atomic E-state index is -0.545. The van der Waals surface area contributed by atoms with Crippen molar-refractivity contribution in [2.75, 3.05) is 6.54 Å². The molecule has 0 radical (unpaired) electrons. The Morgan fingerprint density at radius 1 is 1.24 bits per heavy atom. The molecule has 2 heterocycles. The number of carbonyl (C=O) groups is 2. The minimum absolute atomic E-state index is 0.196. The molecule has 2 amide bonds. The smallest absolute Gasteiger partial charge is 0.253 e. The maximum Gasteiger partial charge on any atom is 0.253 e. The summed E-state index contributed by atoms with van der Waals surface area (Å²) in [6, 6.07) is 2.80. The molecule has 4 nitrogen and oxygen atoms in total. The van der Waals surface area contributed by atoms with Crippen LogP contribution in [-0.2, 0) is 9.59 Å². The topological polar surface area (TPSA) is 50.3 Å². The van der Waals surface area contributed by atoms with Crippen LogP contribution in [0.15, 0.2) is 36.6 Å². The van der Waals surface area contributed by atoms with Crippen LogP contribution in [0, 0.1) is 5.95 Å². The number of rotatable bonds is 3. The number of halogens is 1. The summed E-state index contributed by atoms with van der Waals surface area (Å²) in [6.07, 6.45) is 7.16. The molecule has 1 aromatic heterocycles. The Morgan fingerprint density at radius 3 is 2.53 bits per heavy atom. The Hall–Kier alpha value is -2.30. The Kier molecular flexibility index (Phi) is 3.09. The number of amides is 2. The standard InChI is InChI=1S/C12H9FN2O2/c13-10-4-3-9(8-14-10)2-1-7-15-11(16)5-6-12(15)17/h1-6,8H,7H2/i13-1. The van der Waals surface area contributed by atoms with E-state index in [9.17, 15) is 14.0 Å². The molecular weight excluding hydrogens is 222 g/mol. The molecule has 0 saturated carbocycles. The third kappa shape index (κ3) is 2.63. The van der Waals surface area contributed by atoms with Gasteiger partial charge in [0.2, 0.25) is 5.95 Å². The Bertz CT molecular complexity index is 488. The van der Waals surface area contributed by atoms with E-state index in [1.807, 2.05) is 0 Å². The molecule has 0 saturated heterocycles. The van der Waals surface area contributed by atoms with E-state index < -0.39 is 5.95 Å². The quantitative estimate of drug-likeness (QED) is 0.579. The largest absolute Gasteiger partial charge is 0.272 e. The Labute approximate surface area is 97.1 Å². The molecule has 1 aliphatic rings. The van der Waals surface area contributed by atoms with Gasteiger partial charge < -0.3 is 0 Å². The maximum atomic E-state index is 12.5. The van der Waals surface area contributed by atoms with Crippen molar-refractivity contribution in [3.05, 3.63) is 48.1 Å². The minimum Gasteiger partial charge on any atom is -0.272 e. The molecule has 1 aliphatic heterocycles. The first-order chi connectivity index (χ1) is 8.16. The molecular formula is C12H9FN2O2. The first kappa shape index (κ1) is 11.2. The maximum absolute atomic E-state index is 12.5. The van der Waals surface area contributed by atoms with Gasteiger partial charge >= 0.3 is 0 Å². The number of hydrogen-bond donors (Lipinski definition) is 0. The first-order valence-electron chi connectivity index (χ1n) is 4.98. The molecule has 86 valence electrons. The van der Waals surface area contributed by atoms with Crippen LogP contribution in [-0.4, -0.2) is 28.2 Å². The van der Waals surface area contributed by atoms with Crippen molar-refractivity contribution < 1.29 is 14.0 Å². The fourth-order valence-electron chi connectivity index (χ4n) is 1.39. The molecule has 2 rings (SSSR count). The van der Waals surface area contributed by atoms with Crippen LogP contribution >= 0.6 is 0 Å². The van der Waals surface area contributed by atoms with Crippen molar-refractivity contribution in [3.63, 3.8) is 0 Å². The molecule has 0 spiro atoms. The summed E-state index contributed by atoms with van der Waals surface area (Å²) in [4.78, 5) is 27.0. The molecule has 0 aromatic carbocycles. The van der Waals surface area contributed by atoms with Gasteiger partial charge in [0.15, 0.2) is 0 Å². The van der Waals surface area contributed by atoms with Gasteiger partial charge in [0, 0.05) is 24.9 Å². The fourth-order valence-corrected chi connectivity index (χ4v) is 1.39. The van der Waals surface area contributed by atoms with Crippen molar-refractivity contribution in [2.24, 2.45) is 0 Å². The summed E-state index contributed by atoms with van der Waals surface area (Å²) in [5, 5.41) is 0. The Morgan fingerprint density at radius 2 is 1.94 bits per heavy atom. The molecule has 17 heavy (non-hydrogen) atoms. The monoisotopic (exact) mass is 231 g/mol. The van der Waals surface area contributed by atoms with Crippen LogP contribution in [0.5, 0.6) is 0 Å². The zero-order valence-electron chi connectivity index (χ0n) is 8.84. The Balaban J connectivity index is 1.96. The van der Waals surface area contributed by atoms with Gasteiger partial charge in [-0.3, -0.25) is 14.5 Å². The SMILES string of the molecule is O=C1C=CC(=O)N1CC=Cc1ccc([18F])nc1. The molecule has 0 aliphatic carbocycles. The lowest BCUT2D eigenvalue weighted by molar-refractivity contribution is -0.136. The summed E-state index contributed by atoms with van der Waals surface area (Å²) in [5.41, 5.74) is 0.707. The third-order valence-corrected chi connectivity index (χ3v) is 2.25. The molecule has 1 aromatic rings. The fraction of sp³-hybridized carbons (Fsp3) is 0.0833. The van der Waals surface area contributed by atoms with Crippen LogP contribution in [0.3, 0.4) is 0 Å². The summed E-state index contributed by atoms with van der Waals surface area (Å²) >= 11 is 0. The lowest BCUT2D eigenvalue weighted by Crippen LogP contribution is -2.29. The van der Waals surface area contributed by atoms with Crippen LogP contribution in [0.4, 0.5) is 4.39 Å². The van der Waals surface area contributed by atoms with E-state index in [0.29, 0.717) is 5.56 Å². The number of aromatic nitrogens is 1. The highest BCUT2D eigenvalue weighted by Crippen LogP contribution is 2.05. The number of carbonyl (C=O) groups excluding carboxylic acids is 2. The van der Waals surface area contributed by atoms with Gasteiger partial charge in [0.1, 0.15) is 0 Å². The molecule has 0 N–H and O–H groups in total. The lowest BCUT2D eigenvalue weighted by atomic mass is 10.2. The molecule has 0 atom stereocenters. The van der Waals surface area contributed by atoms with E-state index in [1.54, 1.807) is 18.2 Å². The summed E-state index contributed by atoms with van der Waals surface area (Å²) < 4.78 is 12.5. The van der Waals surface area contributed by atoms with Gasteiger partial charge in [-0.05, 0) is 17.7 Å². The van der Waals surface area contributed by atoms with Crippen LogP contribution in [0.25, 0.3) is 6.08 Å². The van der Waals surface area contributed by atoms with E-state index in [2.05, 4.69) is 4.98 Å². The van der Waals surface area contributed by atoms with Crippen molar-refractivity contribution in [2.45, 2.75) is 0 Å². The normalized spacial score (nSPS) is 15.2. The van der Waals surface area contributed by atoms with Crippen molar-refractivity contribution in [1.82, 2.24) is 9.88 Å². The average Bonchev–Trinajstić information content (AvgIpc) is 2.63. The zero-order valence-corrected chi connectivity index (χ0v) is 8.84. The predicted molar refractivity (Wildman–Crippen MR) is 59.1 cm³/mol. The van der Waals surface area contributed by atoms with Gasteiger partial charge in [0.05, 0.1) is 0 Å². The van der Waals surface area contributed by atoms with E-state index in [-0.39, 0.29) is 18.4 Å². The highest BCUT2D eigenvalue weighted by atomic mass is 18.2. The average molecular weight is 231 g/mol. The molecule has 0 fully saturated rings. The molecule has 0 bridgehead atoms. The van der Waals surface area contributed by atoms with Crippen molar-refractivity contribution in [1.29, 1.82) is 0 Å². The highest BCUT2D eigenvalue weighted by Gasteiger charge is 2.21. The predicted octanol–water partition coefficient (Wildman–Crippen LogP) is 1.16. The second-order valence-electron chi connectivity index (χ2n) is 3.44. The molecule has 5 heteroatoms. The summed E-state index contributed by atoms with van der Waals surface area (Å²) in [6.45, 7) is 0.196. The number of hydrogen-bond acceptors (Lipinski definition) is 3. The van der Waals surface area contributed by atoms with Crippen LogP contribution in [0.2, 0.25) is 0 Å². The van der Waals surface area contributed by atoms with Gasteiger partial charge in [-0.2, -0.15) is 4.39 Å².